The van der Waals surface area contributed by atoms with Crippen molar-refractivity contribution in [1.82, 2.24) is 9.97 Å². The van der Waals surface area contributed by atoms with Gasteiger partial charge in [-0.2, -0.15) is 0 Å². The third kappa shape index (κ3) is 1.93. The zero-order valence-electron chi connectivity index (χ0n) is 14.5. The van der Waals surface area contributed by atoms with Crippen molar-refractivity contribution in [1.29, 1.82) is 0 Å². The second kappa shape index (κ2) is 4.91. The summed E-state index contributed by atoms with van der Waals surface area (Å²) < 4.78 is 0. The number of nitrogens with zero attached hydrogens (tertiary/aromatic N) is 2. The molecule has 0 bridgehead atoms. The Kier molecular flexibility index (Phi) is 2.73. The molecule has 2 saturated carbocycles. The summed E-state index contributed by atoms with van der Waals surface area (Å²) in [4.78, 5) is 10.2. The summed E-state index contributed by atoms with van der Waals surface area (Å²) >= 11 is 0. The van der Waals surface area contributed by atoms with Crippen LogP contribution < -0.4 is 0 Å². The molecule has 4 aliphatic carbocycles. The van der Waals surface area contributed by atoms with Gasteiger partial charge in [0.25, 0.3) is 0 Å². The van der Waals surface area contributed by atoms with Crippen LogP contribution in [0.5, 0.6) is 0 Å². The monoisotopic (exact) mass is 336 g/mol. The summed E-state index contributed by atoms with van der Waals surface area (Å²) in [5.74, 6) is 2.15. The molecule has 2 nitrogen and oxygen atoms in total. The molecule has 2 heteroatoms. The Morgan fingerprint density at radius 3 is 2.19 bits per heavy atom. The topological polar surface area (TPSA) is 25.8 Å². The molecule has 0 N–H and O–H groups in total. The number of rotatable bonds is 3. The minimum atomic E-state index is 0.0174. The summed E-state index contributed by atoms with van der Waals surface area (Å²) in [6, 6.07) is 12.7. The van der Waals surface area contributed by atoms with Crippen molar-refractivity contribution < 1.29 is 0 Å². The molecule has 0 spiro atoms. The van der Waals surface area contributed by atoms with E-state index in [0.717, 1.165) is 24.4 Å². The Morgan fingerprint density at radius 2 is 1.46 bits per heavy atom. The molecule has 0 aliphatic heterocycles. The molecule has 0 amide bonds. The first-order chi connectivity index (χ1) is 12.8. The summed E-state index contributed by atoms with van der Waals surface area (Å²) in [6.45, 7) is 0. The maximum atomic E-state index is 5.15. The van der Waals surface area contributed by atoms with Crippen molar-refractivity contribution >= 4 is 0 Å². The Morgan fingerprint density at radius 1 is 0.769 bits per heavy atom. The summed E-state index contributed by atoms with van der Waals surface area (Å²) in [5, 5.41) is 0. The predicted molar refractivity (Wildman–Crippen MR) is 104 cm³/mol. The Bertz CT molecular complexity index is 954. The molecule has 4 atom stereocenters. The zero-order chi connectivity index (χ0) is 17.2. The van der Waals surface area contributed by atoms with Gasteiger partial charge in [-0.25, -0.2) is 9.97 Å². The lowest BCUT2D eigenvalue weighted by Gasteiger charge is -2.19. The van der Waals surface area contributed by atoms with Gasteiger partial charge in [0.05, 0.1) is 16.8 Å². The van der Waals surface area contributed by atoms with E-state index in [9.17, 15) is 0 Å². The third-order valence-electron chi connectivity index (χ3n) is 6.50. The average molecular weight is 336 g/mol. The van der Waals surface area contributed by atoms with Crippen LogP contribution in [0.4, 0.5) is 0 Å². The third-order valence-corrected chi connectivity index (χ3v) is 6.50. The van der Waals surface area contributed by atoms with E-state index < -0.39 is 0 Å². The normalized spacial score (nSPS) is 35.1. The largest absolute Gasteiger partial charge is 0.236 e. The van der Waals surface area contributed by atoms with Crippen LogP contribution in [-0.4, -0.2) is 9.97 Å². The van der Waals surface area contributed by atoms with Gasteiger partial charge in [-0.05, 0) is 30.7 Å². The maximum Gasteiger partial charge on any atom is 0.139 e. The predicted octanol–water partition coefficient (Wildman–Crippen LogP) is 4.91. The first-order valence-corrected chi connectivity index (χ1v) is 9.48. The molecule has 0 saturated heterocycles. The van der Waals surface area contributed by atoms with Crippen molar-refractivity contribution in [2.75, 3.05) is 0 Å². The van der Waals surface area contributed by atoms with Crippen molar-refractivity contribution in [3.8, 4) is 11.3 Å². The Hall–Kier alpha value is -2.74. The highest BCUT2D eigenvalue weighted by molar-refractivity contribution is 5.61. The van der Waals surface area contributed by atoms with Crippen LogP contribution in [-0.2, 0) is 10.8 Å². The molecule has 2 aromatic rings. The van der Waals surface area contributed by atoms with E-state index >= 15 is 0 Å². The van der Waals surface area contributed by atoms with E-state index in [1.54, 1.807) is 0 Å². The maximum absolute atomic E-state index is 5.15. The molecule has 1 aromatic heterocycles. The Labute approximate surface area is 153 Å². The lowest BCUT2D eigenvalue weighted by Crippen LogP contribution is -2.18. The lowest BCUT2D eigenvalue weighted by molar-refractivity contribution is 0.695. The molecule has 2 fully saturated rings. The van der Waals surface area contributed by atoms with Crippen molar-refractivity contribution in [2.45, 2.75) is 23.7 Å². The van der Waals surface area contributed by atoms with E-state index in [0.29, 0.717) is 11.8 Å². The average Bonchev–Trinajstić information content (AvgIpc) is 3.61. The standard InChI is InChI=1S/C24H20N2/c1-2-8-17(9-3-1)20-14-21(23-12-6-4-10-18(23)15-23)26-22(25-20)24-13-7-5-11-19(24)16-24/h1-14,18-19H,15-16H2. The van der Waals surface area contributed by atoms with E-state index in [4.69, 9.17) is 9.97 Å². The van der Waals surface area contributed by atoms with Crippen LogP contribution in [0.1, 0.15) is 24.4 Å². The molecule has 26 heavy (non-hydrogen) atoms. The van der Waals surface area contributed by atoms with Crippen molar-refractivity contribution in [3.05, 3.63) is 96.5 Å². The van der Waals surface area contributed by atoms with Crippen molar-refractivity contribution in [2.24, 2.45) is 11.8 Å². The molecule has 0 radical (unpaired) electrons. The van der Waals surface area contributed by atoms with Crippen LogP contribution in [0, 0.1) is 11.8 Å². The highest BCUT2D eigenvalue weighted by Crippen LogP contribution is 2.60. The fourth-order valence-electron chi connectivity index (χ4n) is 4.69. The second-order valence-corrected chi connectivity index (χ2v) is 8.02. The number of fused-ring (bicyclic) bond motifs is 2. The molecular formula is C24H20N2. The highest BCUT2D eigenvalue weighted by atomic mass is 15.0. The molecule has 6 rings (SSSR count). The van der Waals surface area contributed by atoms with Crippen LogP contribution in [0.25, 0.3) is 11.3 Å². The quantitative estimate of drug-likeness (QED) is 0.796. The van der Waals surface area contributed by atoms with Gasteiger partial charge in [0.1, 0.15) is 5.82 Å². The van der Waals surface area contributed by atoms with Gasteiger partial charge < -0.3 is 0 Å². The van der Waals surface area contributed by atoms with Crippen LogP contribution >= 0.6 is 0 Å². The van der Waals surface area contributed by atoms with E-state index in [-0.39, 0.29) is 10.8 Å². The Balaban J connectivity index is 1.53. The molecule has 4 aliphatic rings. The summed E-state index contributed by atoms with van der Waals surface area (Å²) in [6.07, 6.45) is 20.2. The summed E-state index contributed by atoms with van der Waals surface area (Å²) in [5.41, 5.74) is 3.52. The lowest BCUT2D eigenvalue weighted by atomic mass is 9.92. The van der Waals surface area contributed by atoms with Gasteiger partial charge in [-0.3, -0.25) is 0 Å². The van der Waals surface area contributed by atoms with Gasteiger partial charge >= 0.3 is 0 Å². The number of hydrogen-bond acceptors (Lipinski definition) is 2. The highest BCUT2D eigenvalue weighted by Gasteiger charge is 2.57. The zero-order valence-corrected chi connectivity index (χ0v) is 14.5. The molecule has 1 aromatic carbocycles. The second-order valence-electron chi connectivity index (χ2n) is 8.02. The van der Waals surface area contributed by atoms with Crippen LogP contribution in [0.2, 0.25) is 0 Å². The summed E-state index contributed by atoms with van der Waals surface area (Å²) in [7, 11) is 0. The van der Waals surface area contributed by atoms with Gasteiger partial charge in [-0.15, -0.1) is 0 Å². The molecule has 4 unspecified atom stereocenters. The first-order valence-electron chi connectivity index (χ1n) is 9.48. The van der Waals surface area contributed by atoms with E-state index in [2.05, 4.69) is 85.0 Å². The fourth-order valence-corrected chi connectivity index (χ4v) is 4.69. The first kappa shape index (κ1) is 14.4. The van der Waals surface area contributed by atoms with Crippen LogP contribution in [0.15, 0.2) is 85.0 Å². The van der Waals surface area contributed by atoms with Crippen LogP contribution in [0.3, 0.4) is 0 Å². The van der Waals surface area contributed by atoms with E-state index in [1.165, 1.54) is 11.3 Å². The number of allylic oxidation sites excluding steroid dienone is 8. The SMILES string of the molecule is C1=CC2CC2(c2cc(-c3ccccc3)nc(C34C=CC=CC3C4)n2)C=C1. The molecular weight excluding hydrogens is 316 g/mol. The fraction of sp³-hybridized carbons (Fsp3) is 0.250. The van der Waals surface area contributed by atoms with E-state index in [1.807, 2.05) is 0 Å². The number of benzene rings is 1. The smallest absolute Gasteiger partial charge is 0.139 e. The van der Waals surface area contributed by atoms with Gasteiger partial charge in [0.15, 0.2) is 0 Å². The van der Waals surface area contributed by atoms with Gasteiger partial charge in [0.2, 0.25) is 0 Å². The van der Waals surface area contributed by atoms with Gasteiger partial charge in [0, 0.05) is 11.0 Å². The number of hydrogen-bond donors (Lipinski definition) is 0. The van der Waals surface area contributed by atoms with Gasteiger partial charge in [-0.1, -0.05) is 78.9 Å². The minimum absolute atomic E-state index is 0.0174. The minimum Gasteiger partial charge on any atom is -0.236 e. The van der Waals surface area contributed by atoms with Crippen molar-refractivity contribution in [3.63, 3.8) is 0 Å². The number of aromatic nitrogens is 2. The molecule has 1 heterocycles. The molecule has 126 valence electrons.